The van der Waals surface area contributed by atoms with E-state index in [1.54, 1.807) is 36.4 Å². The molecule has 4 rings (SSSR count). The number of ether oxygens (including phenoxy) is 1. The van der Waals surface area contributed by atoms with Gasteiger partial charge in [-0.2, -0.15) is 0 Å². The molecule has 0 bridgehead atoms. The van der Waals surface area contributed by atoms with Crippen LogP contribution in [0.5, 0.6) is 5.75 Å². The molecule has 1 aliphatic rings. The first-order valence-corrected chi connectivity index (χ1v) is 9.91. The van der Waals surface area contributed by atoms with Gasteiger partial charge in [-0.3, -0.25) is 9.59 Å². The number of nitrogens with one attached hydrogen (secondary N) is 1. The van der Waals surface area contributed by atoms with Crippen LogP contribution in [0.2, 0.25) is 0 Å². The minimum atomic E-state index is -0.549. The van der Waals surface area contributed by atoms with Crippen LogP contribution in [0.1, 0.15) is 0 Å². The maximum atomic E-state index is 14.2. The van der Waals surface area contributed by atoms with Crippen molar-refractivity contribution >= 4 is 35.0 Å². The van der Waals surface area contributed by atoms with E-state index in [-0.39, 0.29) is 16.3 Å². The highest BCUT2D eigenvalue weighted by Gasteiger charge is 2.40. The lowest BCUT2D eigenvalue weighted by Crippen LogP contribution is -2.32. The fraction of sp³-hybridized carbons (Fsp3) is 0.0435. The number of anilines is 2. The number of benzene rings is 3. The summed E-state index contributed by atoms with van der Waals surface area (Å²) >= 11 is 1.16. The van der Waals surface area contributed by atoms with Crippen molar-refractivity contribution in [2.24, 2.45) is 0 Å². The molecule has 0 spiro atoms. The third-order valence-electron chi connectivity index (χ3n) is 4.47. The number of carbonyl (C=O) groups is 2. The van der Waals surface area contributed by atoms with Crippen LogP contribution < -0.4 is 15.0 Å². The number of thioether (sulfide) groups is 1. The molecule has 7 heteroatoms. The van der Waals surface area contributed by atoms with Gasteiger partial charge in [0.15, 0.2) is 0 Å². The fourth-order valence-corrected chi connectivity index (χ4v) is 3.93. The monoisotopic (exact) mass is 420 g/mol. The maximum Gasteiger partial charge on any atom is 0.283 e. The molecule has 2 amide bonds. The first-order valence-electron chi connectivity index (χ1n) is 9.10. The molecule has 0 saturated heterocycles. The Morgan fingerprint density at radius 2 is 1.53 bits per heavy atom. The van der Waals surface area contributed by atoms with E-state index in [2.05, 4.69) is 5.32 Å². The highest BCUT2D eigenvalue weighted by molar-refractivity contribution is 8.04. The van der Waals surface area contributed by atoms with E-state index >= 15 is 0 Å². The number of nitrogens with zero attached hydrogens (tertiary/aromatic N) is 1. The molecule has 1 N–H and O–H groups in total. The van der Waals surface area contributed by atoms with Crippen molar-refractivity contribution in [3.63, 3.8) is 0 Å². The van der Waals surface area contributed by atoms with Crippen LogP contribution in [-0.4, -0.2) is 18.9 Å². The van der Waals surface area contributed by atoms with Gasteiger partial charge in [-0.25, -0.2) is 9.29 Å². The van der Waals surface area contributed by atoms with Crippen molar-refractivity contribution in [3.05, 3.63) is 95.3 Å². The van der Waals surface area contributed by atoms with Crippen molar-refractivity contribution in [1.29, 1.82) is 0 Å². The fourth-order valence-electron chi connectivity index (χ4n) is 2.98. The molecule has 150 valence electrons. The number of hydrogen-bond acceptors (Lipinski definition) is 5. The summed E-state index contributed by atoms with van der Waals surface area (Å²) in [5.41, 5.74) is 0.563. The zero-order valence-electron chi connectivity index (χ0n) is 16.0. The van der Waals surface area contributed by atoms with Crippen molar-refractivity contribution in [3.8, 4) is 5.75 Å². The van der Waals surface area contributed by atoms with Crippen LogP contribution in [0.4, 0.5) is 15.8 Å². The van der Waals surface area contributed by atoms with Gasteiger partial charge in [-0.15, -0.1) is 0 Å². The van der Waals surface area contributed by atoms with Gasteiger partial charge in [0.1, 0.15) is 22.2 Å². The second kappa shape index (κ2) is 8.42. The van der Waals surface area contributed by atoms with Gasteiger partial charge in [0.25, 0.3) is 11.8 Å². The third kappa shape index (κ3) is 3.79. The molecular weight excluding hydrogens is 403 g/mol. The van der Waals surface area contributed by atoms with E-state index in [0.29, 0.717) is 11.4 Å². The number of imide groups is 1. The normalized spacial score (nSPS) is 13.7. The van der Waals surface area contributed by atoms with Gasteiger partial charge in [0.05, 0.1) is 18.5 Å². The number of halogens is 1. The predicted molar refractivity (Wildman–Crippen MR) is 115 cm³/mol. The molecule has 30 heavy (non-hydrogen) atoms. The van der Waals surface area contributed by atoms with Gasteiger partial charge >= 0.3 is 0 Å². The Morgan fingerprint density at radius 1 is 0.867 bits per heavy atom. The molecule has 1 aliphatic heterocycles. The molecule has 3 aromatic carbocycles. The quantitative estimate of drug-likeness (QED) is 0.579. The molecule has 0 aromatic heterocycles. The van der Waals surface area contributed by atoms with Crippen LogP contribution in [0.3, 0.4) is 0 Å². The molecule has 5 nitrogen and oxygen atoms in total. The standard InChI is InChI=1S/C23H17FN2O3S/c1-29-16-13-11-15(12-14-16)26-22(27)20(25-19-10-6-5-9-18(19)24)21(23(26)28)30-17-7-3-2-4-8-17/h2-14,25H,1H3. The van der Waals surface area contributed by atoms with Crippen molar-refractivity contribution < 1.29 is 18.7 Å². The highest BCUT2D eigenvalue weighted by atomic mass is 32.2. The molecule has 0 aliphatic carbocycles. The molecule has 0 unspecified atom stereocenters. The average molecular weight is 420 g/mol. The SMILES string of the molecule is COc1ccc(N2C(=O)C(Nc3ccccc3F)=C(Sc3ccccc3)C2=O)cc1. The topological polar surface area (TPSA) is 58.6 Å². The van der Waals surface area contributed by atoms with E-state index in [1.807, 2.05) is 30.3 Å². The molecule has 3 aromatic rings. The predicted octanol–water partition coefficient (Wildman–Crippen LogP) is 4.82. The molecule has 1 heterocycles. The van der Waals surface area contributed by atoms with E-state index in [4.69, 9.17) is 4.74 Å². The van der Waals surface area contributed by atoms with Crippen LogP contribution in [0, 0.1) is 5.82 Å². The first kappa shape index (κ1) is 19.7. The second-order valence-electron chi connectivity index (χ2n) is 6.37. The Morgan fingerprint density at radius 3 is 2.20 bits per heavy atom. The highest BCUT2D eigenvalue weighted by Crippen LogP contribution is 2.38. The zero-order chi connectivity index (χ0) is 21.1. The number of carbonyl (C=O) groups excluding carboxylic acids is 2. The number of para-hydroxylation sites is 1. The van der Waals surface area contributed by atoms with Gasteiger partial charge in [-0.05, 0) is 48.5 Å². The first-order chi connectivity index (χ1) is 14.6. The number of methoxy groups -OCH3 is 1. The Balaban J connectivity index is 1.74. The number of rotatable bonds is 6. The van der Waals surface area contributed by atoms with E-state index < -0.39 is 17.6 Å². The summed E-state index contributed by atoms with van der Waals surface area (Å²) in [6.45, 7) is 0. The minimum absolute atomic E-state index is 0.0368. The summed E-state index contributed by atoms with van der Waals surface area (Å²) in [5.74, 6) is -0.934. The zero-order valence-corrected chi connectivity index (χ0v) is 16.8. The lowest BCUT2D eigenvalue weighted by molar-refractivity contribution is -0.120. The van der Waals surface area contributed by atoms with Gasteiger partial charge in [0, 0.05) is 4.90 Å². The van der Waals surface area contributed by atoms with Crippen molar-refractivity contribution in [1.82, 2.24) is 0 Å². The summed E-state index contributed by atoms with van der Waals surface area (Å²) in [6.07, 6.45) is 0. The molecule has 0 fully saturated rings. The van der Waals surface area contributed by atoms with Crippen molar-refractivity contribution in [2.45, 2.75) is 4.90 Å². The summed E-state index contributed by atoms with van der Waals surface area (Å²) in [7, 11) is 1.54. The maximum absolute atomic E-state index is 14.2. The summed E-state index contributed by atoms with van der Waals surface area (Å²) in [5, 5.41) is 2.83. The third-order valence-corrected chi connectivity index (χ3v) is 5.56. The van der Waals surface area contributed by atoms with Gasteiger partial charge in [0.2, 0.25) is 0 Å². The minimum Gasteiger partial charge on any atom is -0.497 e. The smallest absolute Gasteiger partial charge is 0.283 e. The number of hydrogen-bond donors (Lipinski definition) is 1. The Hall–Kier alpha value is -3.58. The lowest BCUT2D eigenvalue weighted by Gasteiger charge is -2.15. The van der Waals surface area contributed by atoms with E-state index in [0.717, 1.165) is 21.6 Å². The van der Waals surface area contributed by atoms with Crippen molar-refractivity contribution in [2.75, 3.05) is 17.3 Å². The number of amides is 2. The van der Waals surface area contributed by atoms with Crippen LogP contribution >= 0.6 is 11.8 Å². The summed E-state index contributed by atoms with van der Waals surface area (Å²) in [6, 6.07) is 21.8. The van der Waals surface area contributed by atoms with E-state index in [9.17, 15) is 14.0 Å². The average Bonchev–Trinajstić information content (AvgIpc) is 3.00. The Kier molecular flexibility index (Phi) is 5.54. The molecule has 0 radical (unpaired) electrons. The molecule has 0 atom stereocenters. The largest absolute Gasteiger partial charge is 0.497 e. The van der Waals surface area contributed by atoms with Gasteiger partial charge < -0.3 is 10.1 Å². The second-order valence-corrected chi connectivity index (χ2v) is 7.45. The molecule has 0 saturated carbocycles. The molecular formula is C23H17FN2O3S. The summed E-state index contributed by atoms with van der Waals surface area (Å²) < 4.78 is 19.4. The van der Waals surface area contributed by atoms with E-state index in [1.165, 1.54) is 19.2 Å². The lowest BCUT2D eigenvalue weighted by atomic mass is 10.2. The van der Waals surface area contributed by atoms with Crippen LogP contribution in [-0.2, 0) is 9.59 Å². The van der Waals surface area contributed by atoms with Crippen LogP contribution in [0.15, 0.2) is 94.4 Å². The summed E-state index contributed by atoms with van der Waals surface area (Å²) in [4.78, 5) is 28.5. The Labute approximate surface area is 177 Å². The van der Waals surface area contributed by atoms with Gasteiger partial charge in [-0.1, -0.05) is 42.1 Å². The van der Waals surface area contributed by atoms with Crippen LogP contribution in [0.25, 0.3) is 0 Å². The Bertz CT molecular complexity index is 1130.